The third-order valence-corrected chi connectivity index (χ3v) is 4.74. The molecule has 0 saturated carbocycles. The quantitative estimate of drug-likeness (QED) is 0.830. The molecule has 1 N–H and O–H groups in total. The first-order chi connectivity index (χ1) is 9.85. The molecule has 122 valence electrons. The summed E-state index contributed by atoms with van der Waals surface area (Å²) in [6, 6.07) is 0. The largest absolute Gasteiger partial charge is 0.374 e. The van der Waals surface area contributed by atoms with Crippen LogP contribution in [0.5, 0.6) is 0 Å². The molecule has 0 aromatic heterocycles. The van der Waals surface area contributed by atoms with Crippen molar-refractivity contribution in [1.82, 2.24) is 15.1 Å². The minimum Gasteiger partial charge on any atom is -0.374 e. The zero-order valence-electron chi connectivity index (χ0n) is 14.2. The predicted molar refractivity (Wildman–Crippen MR) is 84.0 cm³/mol. The Hall–Kier alpha value is -0.650. The first kappa shape index (κ1) is 16.7. The van der Waals surface area contributed by atoms with Gasteiger partial charge in [0.05, 0.1) is 24.4 Å². The van der Waals surface area contributed by atoms with Crippen LogP contribution in [0.25, 0.3) is 0 Å². The molecular weight excluding hydrogens is 266 g/mol. The summed E-state index contributed by atoms with van der Waals surface area (Å²) in [6.07, 6.45) is 2.08. The smallest absolute Gasteiger partial charge is 0.243 e. The first-order valence-corrected chi connectivity index (χ1v) is 8.24. The van der Waals surface area contributed by atoms with Gasteiger partial charge in [-0.1, -0.05) is 20.8 Å². The molecule has 0 spiro atoms. The van der Waals surface area contributed by atoms with E-state index in [1.54, 1.807) is 0 Å². The molecule has 21 heavy (non-hydrogen) atoms. The zero-order valence-corrected chi connectivity index (χ0v) is 14.2. The van der Waals surface area contributed by atoms with E-state index in [9.17, 15) is 4.79 Å². The van der Waals surface area contributed by atoms with Crippen molar-refractivity contribution in [3.05, 3.63) is 0 Å². The molecule has 2 aliphatic heterocycles. The topological polar surface area (TPSA) is 44.8 Å². The summed E-state index contributed by atoms with van der Waals surface area (Å²) in [7, 11) is 2.11. The van der Waals surface area contributed by atoms with E-state index in [4.69, 9.17) is 4.74 Å². The molecule has 5 heteroatoms. The Bertz CT molecular complexity index is 375. The number of carbonyl (C=O) groups excluding carboxylic acids is 1. The Morgan fingerprint density at radius 2 is 2.19 bits per heavy atom. The minimum atomic E-state index is -0.417. The highest BCUT2D eigenvalue weighted by Crippen LogP contribution is 2.27. The molecule has 2 saturated heterocycles. The number of amides is 1. The van der Waals surface area contributed by atoms with E-state index >= 15 is 0 Å². The van der Waals surface area contributed by atoms with Crippen LogP contribution in [0.4, 0.5) is 0 Å². The Labute approximate surface area is 129 Å². The third kappa shape index (κ3) is 3.76. The average molecular weight is 297 g/mol. The number of hydrogen-bond donors (Lipinski definition) is 1. The fourth-order valence-corrected chi connectivity index (χ4v) is 3.26. The van der Waals surface area contributed by atoms with Crippen LogP contribution in [0.1, 0.15) is 40.5 Å². The summed E-state index contributed by atoms with van der Waals surface area (Å²) in [5.74, 6) is 0.791. The van der Waals surface area contributed by atoms with Crippen LogP contribution >= 0.6 is 0 Å². The summed E-state index contributed by atoms with van der Waals surface area (Å²) in [5.41, 5.74) is -0.417. The van der Waals surface area contributed by atoms with Gasteiger partial charge in [0.15, 0.2) is 0 Å². The van der Waals surface area contributed by atoms with E-state index in [-0.39, 0.29) is 18.2 Å². The van der Waals surface area contributed by atoms with Gasteiger partial charge in [0.1, 0.15) is 0 Å². The SMILES string of the molecule is CCC1(C)NC(CC(C)C)N(CC2CN(C)CCO2)C1=O. The zero-order chi connectivity index (χ0) is 15.6. The lowest BCUT2D eigenvalue weighted by atomic mass is 9.99. The number of nitrogens with zero attached hydrogens (tertiary/aromatic N) is 2. The predicted octanol–water partition coefficient (Wildman–Crippen LogP) is 1.29. The highest BCUT2D eigenvalue weighted by molar-refractivity contribution is 5.88. The van der Waals surface area contributed by atoms with Crippen molar-refractivity contribution in [1.29, 1.82) is 0 Å². The van der Waals surface area contributed by atoms with E-state index in [0.717, 1.165) is 32.5 Å². The second-order valence-electron chi connectivity index (χ2n) is 7.19. The van der Waals surface area contributed by atoms with Crippen LogP contribution in [-0.2, 0) is 9.53 Å². The lowest BCUT2D eigenvalue weighted by molar-refractivity contribution is -0.136. The van der Waals surface area contributed by atoms with Crippen molar-refractivity contribution in [2.45, 2.75) is 58.3 Å². The van der Waals surface area contributed by atoms with Gasteiger partial charge < -0.3 is 14.5 Å². The third-order valence-electron chi connectivity index (χ3n) is 4.74. The Kier molecular flexibility index (Phi) is 5.28. The van der Waals surface area contributed by atoms with Crippen LogP contribution in [-0.4, -0.2) is 66.8 Å². The Balaban J connectivity index is 2.07. The number of hydrogen-bond acceptors (Lipinski definition) is 4. The van der Waals surface area contributed by atoms with Crippen LogP contribution in [0, 0.1) is 5.92 Å². The second kappa shape index (κ2) is 6.63. The van der Waals surface area contributed by atoms with Crippen molar-refractivity contribution in [3.8, 4) is 0 Å². The second-order valence-corrected chi connectivity index (χ2v) is 7.19. The molecule has 2 rings (SSSR count). The average Bonchev–Trinajstić information content (AvgIpc) is 2.63. The molecule has 0 radical (unpaired) electrons. The Morgan fingerprint density at radius 3 is 2.76 bits per heavy atom. The first-order valence-electron chi connectivity index (χ1n) is 8.24. The van der Waals surface area contributed by atoms with Gasteiger partial charge in [0.25, 0.3) is 0 Å². The maximum atomic E-state index is 12.8. The van der Waals surface area contributed by atoms with Gasteiger partial charge in [-0.2, -0.15) is 0 Å². The molecule has 3 unspecified atom stereocenters. The van der Waals surface area contributed by atoms with E-state index in [1.807, 2.05) is 11.8 Å². The lowest BCUT2D eigenvalue weighted by Gasteiger charge is -2.34. The number of morpholine rings is 1. The Morgan fingerprint density at radius 1 is 1.48 bits per heavy atom. The number of nitrogens with one attached hydrogen (secondary N) is 1. The normalized spacial score (nSPS) is 35.0. The van der Waals surface area contributed by atoms with E-state index < -0.39 is 5.54 Å². The number of carbonyl (C=O) groups is 1. The molecular formula is C16H31N3O2. The van der Waals surface area contributed by atoms with Crippen LogP contribution in [0.2, 0.25) is 0 Å². The summed E-state index contributed by atoms with van der Waals surface area (Å²) in [4.78, 5) is 17.1. The molecule has 0 aliphatic carbocycles. The van der Waals surface area contributed by atoms with Gasteiger partial charge >= 0.3 is 0 Å². The summed E-state index contributed by atoms with van der Waals surface area (Å²) >= 11 is 0. The minimum absolute atomic E-state index is 0.128. The van der Waals surface area contributed by atoms with Gasteiger partial charge in [0, 0.05) is 19.6 Å². The highest BCUT2D eigenvalue weighted by atomic mass is 16.5. The fraction of sp³-hybridized carbons (Fsp3) is 0.938. The summed E-state index contributed by atoms with van der Waals surface area (Å²) in [6.45, 7) is 11.8. The molecule has 5 nitrogen and oxygen atoms in total. The van der Waals surface area contributed by atoms with E-state index in [1.165, 1.54) is 0 Å². The van der Waals surface area contributed by atoms with Gasteiger partial charge in [-0.15, -0.1) is 0 Å². The maximum Gasteiger partial charge on any atom is 0.243 e. The lowest BCUT2D eigenvalue weighted by Crippen LogP contribution is -2.49. The monoisotopic (exact) mass is 297 g/mol. The number of likely N-dealkylation sites (N-methyl/N-ethyl adjacent to an activating group) is 1. The molecule has 2 aliphatic rings. The van der Waals surface area contributed by atoms with E-state index in [2.05, 4.69) is 38.0 Å². The van der Waals surface area contributed by atoms with Crippen molar-refractivity contribution in [2.24, 2.45) is 5.92 Å². The van der Waals surface area contributed by atoms with Gasteiger partial charge in [-0.25, -0.2) is 0 Å². The summed E-state index contributed by atoms with van der Waals surface area (Å²) < 4.78 is 5.85. The molecule has 3 atom stereocenters. The van der Waals surface area contributed by atoms with Crippen LogP contribution in [0.15, 0.2) is 0 Å². The molecule has 0 bridgehead atoms. The maximum absolute atomic E-state index is 12.8. The van der Waals surface area contributed by atoms with Gasteiger partial charge in [-0.3, -0.25) is 10.1 Å². The van der Waals surface area contributed by atoms with Crippen LogP contribution < -0.4 is 5.32 Å². The standard InChI is InChI=1S/C16H31N3O2/c1-6-16(4)15(20)19(14(17-16)9-12(2)3)11-13-10-18(5)7-8-21-13/h12-14,17H,6-11H2,1-5H3. The fourth-order valence-electron chi connectivity index (χ4n) is 3.26. The van der Waals surface area contributed by atoms with Crippen LogP contribution in [0.3, 0.4) is 0 Å². The van der Waals surface area contributed by atoms with Crippen molar-refractivity contribution in [2.75, 3.05) is 33.3 Å². The molecule has 1 amide bonds. The van der Waals surface area contributed by atoms with Crippen molar-refractivity contribution < 1.29 is 9.53 Å². The van der Waals surface area contributed by atoms with Crippen molar-refractivity contribution in [3.63, 3.8) is 0 Å². The van der Waals surface area contributed by atoms with Crippen molar-refractivity contribution >= 4 is 5.91 Å². The van der Waals surface area contributed by atoms with Gasteiger partial charge in [0.2, 0.25) is 5.91 Å². The molecule has 0 aromatic rings. The highest BCUT2D eigenvalue weighted by Gasteiger charge is 2.47. The molecule has 2 fully saturated rings. The van der Waals surface area contributed by atoms with Gasteiger partial charge in [-0.05, 0) is 32.7 Å². The number of rotatable bonds is 5. The molecule has 0 aromatic carbocycles. The summed E-state index contributed by atoms with van der Waals surface area (Å²) in [5, 5.41) is 3.56. The number of ether oxygens (including phenoxy) is 1. The van der Waals surface area contributed by atoms with E-state index in [0.29, 0.717) is 12.5 Å². The molecule has 2 heterocycles.